The number of rotatable bonds is 1. The number of halogens is 1. The molecule has 0 atom stereocenters. The number of aromatic nitrogens is 1. The number of hydrogen-bond acceptors (Lipinski definition) is 3. The number of allylic oxidation sites excluding steroid dienone is 4. The van der Waals surface area contributed by atoms with E-state index in [1.54, 1.807) is 31.5 Å². The fraction of sp³-hybridized carbons (Fsp3) is 0.267. The number of ketones is 2. The van der Waals surface area contributed by atoms with Crippen LogP contribution in [0.1, 0.15) is 30.8 Å². The van der Waals surface area contributed by atoms with E-state index in [2.05, 4.69) is 22.0 Å². The highest BCUT2D eigenvalue weighted by atomic mass is 79.9. The van der Waals surface area contributed by atoms with E-state index in [0.29, 0.717) is 28.0 Å². The summed E-state index contributed by atoms with van der Waals surface area (Å²) in [6, 6.07) is 3.72. The molecule has 1 aliphatic carbocycles. The van der Waals surface area contributed by atoms with Gasteiger partial charge in [0.05, 0.1) is 4.48 Å². The molecule has 0 spiro atoms. The summed E-state index contributed by atoms with van der Waals surface area (Å²) in [5.74, 6) is -0.356. The van der Waals surface area contributed by atoms with Crippen LogP contribution < -0.4 is 0 Å². The molecule has 0 saturated carbocycles. The van der Waals surface area contributed by atoms with Crippen molar-refractivity contribution in [2.75, 3.05) is 0 Å². The van der Waals surface area contributed by atoms with Crippen LogP contribution in [0.25, 0.3) is 5.57 Å². The van der Waals surface area contributed by atoms with Crippen LogP contribution in [0.2, 0.25) is 0 Å². The molecule has 0 aliphatic heterocycles. The van der Waals surface area contributed by atoms with Gasteiger partial charge < -0.3 is 4.57 Å². The lowest BCUT2D eigenvalue weighted by atomic mass is 9.87. The summed E-state index contributed by atoms with van der Waals surface area (Å²) in [5, 5.41) is 9.07. The minimum absolute atomic E-state index is 0.174. The Bertz CT molecular complexity index is 758. The van der Waals surface area contributed by atoms with E-state index in [0.717, 1.165) is 5.69 Å². The number of carbonyl (C=O) groups is 2. The zero-order valence-corrected chi connectivity index (χ0v) is 13.3. The Morgan fingerprint density at radius 2 is 1.70 bits per heavy atom. The van der Waals surface area contributed by atoms with Crippen LogP contribution in [0.4, 0.5) is 0 Å². The third kappa shape index (κ3) is 1.88. The zero-order chi connectivity index (χ0) is 15.2. The van der Waals surface area contributed by atoms with Gasteiger partial charge >= 0.3 is 0 Å². The average Bonchev–Trinajstić information content (AvgIpc) is 2.71. The van der Waals surface area contributed by atoms with Crippen LogP contribution in [-0.2, 0) is 16.6 Å². The van der Waals surface area contributed by atoms with Crippen molar-refractivity contribution >= 4 is 33.1 Å². The topological polar surface area (TPSA) is 62.9 Å². The minimum atomic E-state index is -0.182. The minimum Gasteiger partial charge on any atom is -0.339 e. The van der Waals surface area contributed by atoms with Gasteiger partial charge in [-0.2, -0.15) is 5.26 Å². The Morgan fingerprint density at radius 1 is 1.15 bits per heavy atom. The van der Waals surface area contributed by atoms with Crippen LogP contribution in [0.3, 0.4) is 0 Å². The Morgan fingerprint density at radius 3 is 2.20 bits per heavy atom. The highest BCUT2D eigenvalue weighted by Crippen LogP contribution is 2.36. The molecule has 5 heteroatoms. The van der Waals surface area contributed by atoms with Gasteiger partial charge in [-0.05, 0) is 42.8 Å². The van der Waals surface area contributed by atoms with Gasteiger partial charge in [0.25, 0.3) is 0 Å². The third-order valence-electron chi connectivity index (χ3n) is 3.81. The molecule has 1 aliphatic rings. The molecule has 102 valence electrons. The maximum absolute atomic E-state index is 12.5. The number of nitriles is 1. The van der Waals surface area contributed by atoms with Gasteiger partial charge in [0, 0.05) is 35.0 Å². The first-order valence-corrected chi connectivity index (χ1v) is 6.84. The summed E-state index contributed by atoms with van der Waals surface area (Å²) >= 11 is 3.24. The van der Waals surface area contributed by atoms with Gasteiger partial charge in [-0.1, -0.05) is 0 Å². The first-order valence-electron chi connectivity index (χ1n) is 6.04. The predicted molar refractivity (Wildman–Crippen MR) is 79.1 cm³/mol. The monoisotopic (exact) mass is 332 g/mol. The second-order valence-corrected chi connectivity index (χ2v) is 5.59. The molecule has 0 aromatic carbocycles. The average molecular weight is 333 g/mol. The van der Waals surface area contributed by atoms with Crippen molar-refractivity contribution in [1.82, 2.24) is 4.57 Å². The molecule has 1 aromatic heterocycles. The van der Waals surface area contributed by atoms with Crippen molar-refractivity contribution < 1.29 is 9.59 Å². The smallest absolute Gasteiger partial charge is 0.196 e. The molecule has 0 saturated heterocycles. The molecule has 2 rings (SSSR count). The summed E-state index contributed by atoms with van der Waals surface area (Å²) in [6.45, 7) is 5.12. The summed E-state index contributed by atoms with van der Waals surface area (Å²) in [7, 11) is 1.76. The van der Waals surface area contributed by atoms with Crippen molar-refractivity contribution in [1.29, 1.82) is 5.26 Å². The molecule has 4 nitrogen and oxygen atoms in total. The van der Waals surface area contributed by atoms with Gasteiger partial charge in [-0.25, -0.2) is 0 Å². The van der Waals surface area contributed by atoms with Crippen LogP contribution in [0.5, 0.6) is 0 Å². The van der Waals surface area contributed by atoms with Crippen LogP contribution in [0, 0.1) is 18.3 Å². The summed E-state index contributed by atoms with van der Waals surface area (Å²) in [5.41, 5.74) is 3.11. The number of nitrogens with zero attached hydrogens (tertiary/aromatic N) is 2. The second-order valence-electron chi connectivity index (χ2n) is 4.80. The van der Waals surface area contributed by atoms with E-state index in [9.17, 15) is 9.59 Å². The number of hydrogen-bond donors (Lipinski definition) is 0. The van der Waals surface area contributed by atoms with Crippen LogP contribution in [0.15, 0.2) is 21.7 Å². The molecule has 0 N–H and O–H groups in total. The standard InChI is InChI=1S/C15H13BrN2O2/c1-7-8(2)15(20)13(16)12(14(7)19)11-5-10(6-17)18(4)9(11)3/h5H,1-4H3. The Balaban J connectivity index is 2.74. The summed E-state index contributed by atoms with van der Waals surface area (Å²) in [4.78, 5) is 24.6. The SMILES string of the molecule is CC1=C(C)C(=O)C(c2cc(C#N)n(C)c2C)=C(Br)C1=O. The molecule has 0 bridgehead atoms. The molecule has 0 unspecified atom stereocenters. The molecule has 1 heterocycles. The lowest BCUT2D eigenvalue weighted by Crippen LogP contribution is -2.19. The summed E-state index contributed by atoms with van der Waals surface area (Å²) < 4.78 is 1.98. The van der Waals surface area contributed by atoms with E-state index in [1.165, 1.54) is 0 Å². The highest BCUT2D eigenvalue weighted by Gasteiger charge is 2.31. The lowest BCUT2D eigenvalue weighted by Gasteiger charge is -2.17. The van der Waals surface area contributed by atoms with E-state index in [-0.39, 0.29) is 16.0 Å². The van der Waals surface area contributed by atoms with Crippen molar-refractivity contribution in [3.63, 3.8) is 0 Å². The van der Waals surface area contributed by atoms with Crippen molar-refractivity contribution in [3.8, 4) is 6.07 Å². The van der Waals surface area contributed by atoms with E-state index in [4.69, 9.17) is 5.26 Å². The van der Waals surface area contributed by atoms with Crippen molar-refractivity contribution in [3.05, 3.63) is 38.6 Å². The van der Waals surface area contributed by atoms with E-state index in [1.807, 2.05) is 6.92 Å². The van der Waals surface area contributed by atoms with Gasteiger partial charge in [-0.3, -0.25) is 9.59 Å². The van der Waals surface area contributed by atoms with Crippen molar-refractivity contribution in [2.45, 2.75) is 20.8 Å². The van der Waals surface area contributed by atoms with E-state index < -0.39 is 0 Å². The molecular formula is C15H13BrN2O2. The molecule has 0 amide bonds. The Labute approximate surface area is 125 Å². The number of Topliss-reactive ketones (excluding diaryl/α,β-unsaturated/α-hetero) is 2. The quantitative estimate of drug-likeness (QED) is 0.743. The maximum atomic E-state index is 12.5. The predicted octanol–water partition coefficient (Wildman–Crippen LogP) is 2.80. The fourth-order valence-electron chi connectivity index (χ4n) is 2.21. The summed E-state index contributed by atoms with van der Waals surface area (Å²) in [6.07, 6.45) is 0. The Kier molecular flexibility index (Phi) is 3.53. The molecule has 1 aromatic rings. The van der Waals surface area contributed by atoms with Gasteiger partial charge in [-0.15, -0.1) is 0 Å². The molecular weight excluding hydrogens is 320 g/mol. The molecule has 0 fully saturated rings. The van der Waals surface area contributed by atoms with Crippen LogP contribution in [-0.4, -0.2) is 16.1 Å². The normalized spacial score (nSPS) is 16.0. The van der Waals surface area contributed by atoms with Gasteiger partial charge in [0.15, 0.2) is 11.6 Å². The first-order chi connectivity index (χ1) is 9.31. The third-order valence-corrected chi connectivity index (χ3v) is 4.57. The largest absolute Gasteiger partial charge is 0.339 e. The highest BCUT2D eigenvalue weighted by molar-refractivity contribution is 9.12. The van der Waals surface area contributed by atoms with E-state index >= 15 is 0 Å². The lowest BCUT2D eigenvalue weighted by molar-refractivity contribution is -0.114. The first kappa shape index (κ1) is 14.5. The zero-order valence-electron chi connectivity index (χ0n) is 11.7. The number of carbonyl (C=O) groups excluding carboxylic acids is 2. The molecule has 0 radical (unpaired) electrons. The fourth-order valence-corrected chi connectivity index (χ4v) is 2.90. The Hall–Kier alpha value is -1.93. The second kappa shape index (κ2) is 4.88. The van der Waals surface area contributed by atoms with Gasteiger partial charge in [0.2, 0.25) is 0 Å². The van der Waals surface area contributed by atoms with Gasteiger partial charge in [0.1, 0.15) is 11.8 Å². The van der Waals surface area contributed by atoms with Crippen LogP contribution >= 0.6 is 15.9 Å². The van der Waals surface area contributed by atoms with Crippen molar-refractivity contribution in [2.24, 2.45) is 7.05 Å². The molecule has 20 heavy (non-hydrogen) atoms. The maximum Gasteiger partial charge on any atom is 0.196 e.